The molecule has 1 aromatic carbocycles. The Bertz CT molecular complexity index is 519. The largest absolute Gasteiger partial charge is 0.489 e. The Morgan fingerprint density at radius 3 is 2.76 bits per heavy atom. The van der Waals surface area contributed by atoms with Crippen molar-refractivity contribution >= 4 is 30.1 Å². The number of hydrogen-bond acceptors (Lipinski definition) is 3. The van der Waals surface area contributed by atoms with E-state index in [1.807, 2.05) is 5.32 Å². The van der Waals surface area contributed by atoms with E-state index in [0.717, 1.165) is 12.1 Å². The standard InChI is InChI=1S/C12H11ClF3NO3.ClH/c1-2-19-9-7(13)3-6(4-8(9)14)10-12(15,16)5-20-11(18)17-10;/h3-4,10H,2,5H2,1H3,(H,17,18);1H/t10-;/m0./s1. The first-order chi connectivity index (χ1) is 9.35. The van der Waals surface area contributed by atoms with Crippen molar-refractivity contribution in [2.24, 2.45) is 0 Å². The first-order valence-electron chi connectivity index (χ1n) is 5.78. The average molecular weight is 346 g/mol. The summed E-state index contributed by atoms with van der Waals surface area (Å²) in [5.74, 6) is -4.44. The van der Waals surface area contributed by atoms with Crippen molar-refractivity contribution in [2.75, 3.05) is 13.2 Å². The van der Waals surface area contributed by atoms with Crippen LogP contribution in [0.5, 0.6) is 5.75 Å². The normalized spacial score (nSPS) is 20.0. The van der Waals surface area contributed by atoms with Gasteiger partial charge in [0.15, 0.2) is 18.2 Å². The number of carbonyl (C=O) groups is 1. The summed E-state index contributed by atoms with van der Waals surface area (Å²) in [4.78, 5) is 11.1. The minimum Gasteiger partial charge on any atom is -0.489 e. The van der Waals surface area contributed by atoms with E-state index in [2.05, 4.69) is 4.74 Å². The van der Waals surface area contributed by atoms with E-state index < -0.39 is 30.5 Å². The molecule has 9 heteroatoms. The molecule has 0 spiro atoms. The molecule has 1 fully saturated rings. The second-order valence-electron chi connectivity index (χ2n) is 4.16. The third kappa shape index (κ3) is 3.65. The third-order valence-corrected chi connectivity index (χ3v) is 3.00. The van der Waals surface area contributed by atoms with Gasteiger partial charge >= 0.3 is 12.0 Å². The van der Waals surface area contributed by atoms with Crippen LogP contribution < -0.4 is 10.1 Å². The number of rotatable bonds is 3. The zero-order valence-electron chi connectivity index (χ0n) is 10.8. The monoisotopic (exact) mass is 345 g/mol. The second kappa shape index (κ2) is 6.62. The van der Waals surface area contributed by atoms with Gasteiger partial charge in [-0.1, -0.05) is 11.6 Å². The van der Waals surface area contributed by atoms with E-state index in [1.54, 1.807) is 6.92 Å². The van der Waals surface area contributed by atoms with Gasteiger partial charge in [-0.15, -0.1) is 12.4 Å². The summed E-state index contributed by atoms with van der Waals surface area (Å²) in [6.45, 7) is 0.743. The van der Waals surface area contributed by atoms with Crippen LogP contribution in [0.4, 0.5) is 18.0 Å². The Hall–Kier alpha value is -1.34. The summed E-state index contributed by atoms with van der Waals surface area (Å²) in [6.07, 6.45) is -0.994. The van der Waals surface area contributed by atoms with Crippen LogP contribution in [0.2, 0.25) is 5.02 Å². The topological polar surface area (TPSA) is 47.6 Å². The summed E-state index contributed by atoms with van der Waals surface area (Å²) >= 11 is 5.81. The van der Waals surface area contributed by atoms with Crippen LogP contribution >= 0.6 is 24.0 Å². The molecule has 1 aliphatic rings. The molecular weight excluding hydrogens is 334 g/mol. The first-order valence-corrected chi connectivity index (χ1v) is 6.16. The van der Waals surface area contributed by atoms with Gasteiger partial charge in [0, 0.05) is 0 Å². The summed E-state index contributed by atoms with van der Waals surface area (Å²) in [7, 11) is 0. The minimum absolute atomic E-state index is 0. The molecule has 1 saturated heterocycles. The van der Waals surface area contributed by atoms with Crippen LogP contribution in [0.15, 0.2) is 12.1 Å². The van der Waals surface area contributed by atoms with Crippen LogP contribution in [-0.2, 0) is 4.74 Å². The van der Waals surface area contributed by atoms with Gasteiger partial charge in [0.25, 0.3) is 0 Å². The van der Waals surface area contributed by atoms with Gasteiger partial charge in [-0.2, -0.15) is 0 Å². The average Bonchev–Trinajstić information content (AvgIpc) is 2.36. The van der Waals surface area contributed by atoms with E-state index in [9.17, 15) is 18.0 Å². The fourth-order valence-electron chi connectivity index (χ4n) is 1.87. The van der Waals surface area contributed by atoms with Crippen LogP contribution in [0.3, 0.4) is 0 Å². The van der Waals surface area contributed by atoms with Crippen LogP contribution in [0, 0.1) is 5.82 Å². The first kappa shape index (κ1) is 17.7. The highest BCUT2D eigenvalue weighted by Gasteiger charge is 2.47. The Morgan fingerprint density at radius 2 is 2.19 bits per heavy atom. The Balaban J connectivity index is 0.00000220. The maximum Gasteiger partial charge on any atom is 0.408 e. The van der Waals surface area contributed by atoms with Crippen LogP contribution in [0.1, 0.15) is 18.5 Å². The maximum atomic E-state index is 13.8. The number of carbonyl (C=O) groups excluding carboxylic acids is 1. The fourth-order valence-corrected chi connectivity index (χ4v) is 2.14. The zero-order valence-corrected chi connectivity index (χ0v) is 12.4. The smallest absolute Gasteiger partial charge is 0.408 e. The number of alkyl carbamates (subject to hydrolysis) is 1. The lowest BCUT2D eigenvalue weighted by Crippen LogP contribution is -2.49. The zero-order chi connectivity index (χ0) is 14.9. The fraction of sp³-hybridized carbons (Fsp3) is 0.417. The lowest BCUT2D eigenvalue weighted by Gasteiger charge is -2.32. The summed E-state index contributed by atoms with van der Waals surface area (Å²) < 4.78 is 50.4. The molecule has 0 radical (unpaired) electrons. The number of nitrogens with one attached hydrogen (secondary N) is 1. The van der Waals surface area contributed by atoms with E-state index in [1.165, 1.54) is 0 Å². The number of cyclic esters (lactones) is 1. The van der Waals surface area contributed by atoms with Gasteiger partial charge in [-0.05, 0) is 24.6 Å². The van der Waals surface area contributed by atoms with Crippen molar-refractivity contribution in [3.05, 3.63) is 28.5 Å². The molecule has 0 aromatic heterocycles. The molecule has 2 rings (SSSR count). The molecule has 1 amide bonds. The van der Waals surface area contributed by atoms with Crippen molar-refractivity contribution in [1.29, 1.82) is 0 Å². The third-order valence-electron chi connectivity index (χ3n) is 2.72. The molecule has 1 atom stereocenters. The quantitative estimate of drug-likeness (QED) is 0.908. The molecule has 1 aromatic rings. The predicted octanol–water partition coefficient (Wildman–Crippen LogP) is 3.72. The number of amides is 1. The van der Waals surface area contributed by atoms with Gasteiger partial charge in [0.05, 0.1) is 11.6 Å². The molecule has 118 valence electrons. The summed E-state index contributed by atoms with van der Waals surface area (Å²) in [5.41, 5.74) is -0.155. The van der Waals surface area contributed by atoms with E-state index in [4.69, 9.17) is 16.3 Å². The SMILES string of the molecule is CCOc1c(F)cc([C@@H]2NC(=O)OCC2(F)F)cc1Cl.Cl. The van der Waals surface area contributed by atoms with Gasteiger partial charge in [0.2, 0.25) is 0 Å². The number of ether oxygens (including phenoxy) is 2. The van der Waals surface area contributed by atoms with E-state index in [-0.39, 0.29) is 35.3 Å². The molecule has 0 saturated carbocycles. The highest BCUT2D eigenvalue weighted by atomic mass is 35.5. The molecular formula is C12H12Cl2F3NO3. The molecule has 21 heavy (non-hydrogen) atoms. The van der Waals surface area contributed by atoms with E-state index >= 15 is 0 Å². The maximum absolute atomic E-state index is 13.8. The number of halogens is 5. The molecule has 1 aliphatic heterocycles. The highest BCUT2D eigenvalue weighted by Crippen LogP contribution is 2.38. The molecule has 1 N–H and O–H groups in total. The van der Waals surface area contributed by atoms with Crippen molar-refractivity contribution in [3.8, 4) is 5.75 Å². The van der Waals surface area contributed by atoms with Gasteiger partial charge < -0.3 is 14.8 Å². The Morgan fingerprint density at radius 1 is 1.52 bits per heavy atom. The van der Waals surface area contributed by atoms with Gasteiger partial charge in [0.1, 0.15) is 6.04 Å². The van der Waals surface area contributed by atoms with Crippen molar-refractivity contribution in [3.63, 3.8) is 0 Å². The van der Waals surface area contributed by atoms with Crippen molar-refractivity contribution < 1.29 is 27.4 Å². The highest BCUT2D eigenvalue weighted by molar-refractivity contribution is 6.32. The molecule has 0 unspecified atom stereocenters. The van der Waals surface area contributed by atoms with Gasteiger partial charge in [-0.3, -0.25) is 0 Å². The predicted molar refractivity (Wildman–Crippen MR) is 72.0 cm³/mol. The molecule has 0 bridgehead atoms. The number of alkyl halides is 2. The van der Waals surface area contributed by atoms with Gasteiger partial charge in [-0.25, -0.2) is 18.0 Å². The molecule has 4 nitrogen and oxygen atoms in total. The van der Waals surface area contributed by atoms with Crippen LogP contribution in [-0.4, -0.2) is 25.2 Å². The molecule has 1 heterocycles. The lowest BCUT2D eigenvalue weighted by molar-refractivity contribution is -0.104. The lowest BCUT2D eigenvalue weighted by atomic mass is 10.00. The molecule has 0 aliphatic carbocycles. The summed E-state index contributed by atoms with van der Waals surface area (Å²) in [6, 6.07) is 0.298. The second-order valence-corrected chi connectivity index (χ2v) is 4.57. The Labute approximate surface area is 130 Å². The van der Waals surface area contributed by atoms with E-state index in [0.29, 0.717) is 0 Å². The van der Waals surface area contributed by atoms with Crippen molar-refractivity contribution in [2.45, 2.75) is 18.9 Å². The Kier molecular flexibility index (Phi) is 5.58. The number of benzene rings is 1. The van der Waals surface area contributed by atoms with Crippen molar-refractivity contribution in [1.82, 2.24) is 5.32 Å². The number of hydrogen-bond donors (Lipinski definition) is 1. The minimum atomic E-state index is -3.36. The summed E-state index contributed by atoms with van der Waals surface area (Å²) in [5, 5.41) is 1.81. The van der Waals surface area contributed by atoms with Crippen LogP contribution in [0.25, 0.3) is 0 Å².